The van der Waals surface area contributed by atoms with Crippen LogP contribution in [-0.2, 0) is 9.47 Å². The molecule has 1 aromatic carbocycles. The molecule has 1 N–H and O–H groups in total. The molecule has 1 unspecified atom stereocenters. The minimum atomic E-state index is -0.361. The Balaban J connectivity index is 1.59. The summed E-state index contributed by atoms with van der Waals surface area (Å²) in [5.74, 6) is 0.856. The van der Waals surface area contributed by atoms with Gasteiger partial charge in [-0.05, 0) is 34.8 Å². The Labute approximate surface area is 163 Å². The SMILES string of the molecule is CC1(C)C=C(c2ccccc2C2OC=C(N3CCNCC3)O2)CC(C)(C)C1. The fourth-order valence-corrected chi connectivity index (χ4v) is 5.01. The average molecular weight is 369 g/mol. The molecule has 2 aliphatic heterocycles. The Morgan fingerprint density at radius 1 is 1.07 bits per heavy atom. The van der Waals surface area contributed by atoms with E-state index in [-0.39, 0.29) is 11.7 Å². The number of allylic oxidation sites excluding steroid dienone is 2. The maximum atomic E-state index is 6.23. The van der Waals surface area contributed by atoms with Gasteiger partial charge in [-0.2, -0.15) is 0 Å². The number of rotatable bonds is 3. The van der Waals surface area contributed by atoms with Gasteiger partial charge in [0.1, 0.15) is 6.26 Å². The van der Waals surface area contributed by atoms with E-state index in [1.165, 1.54) is 17.6 Å². The fourth-order valence-electron chi connectivity index (χ4n) is 5.01. The van der Waals surface area contributed by atoms with Crippen molar-refractivity contribution in [2.75, 3.05) is 26.2 Å². The van der Waals surface area contributed by atoms with Crippen molar-refractivity contribution in [3.63, 3.8) is 0 Å². The van der Waals surface area contributed by atoms with Crippen LogP contribution in [0.1, 0.15) is 58.0 Å². The Morgan fingerprint density at radius 2 is 1.81 bits per heavy atom. The average Bonchev–Trinajstić information content (AvgIpc) is 3.10. The van der Waals surface area contributed by atoms with Gasteiger partial charge in [-0.15, -0.1) is 0 Å². The molecule has 2 heterocycles. The number of benzene rings is 1. The summed E-state index contributed by atoms with van der Waals surface area (Å²) >= 11 is 0. The smallest absolute Gasteiger partial charge is 0.269 e. The van der Waals surface area contributed by atoms with E-state index >= 15 is 0 Å². The maximum absolute atomic E-state index is 6.23. The molecule has 1 aromatic rings. The summed E-state index contributed by atoms with van der Waals surface area (Å²) < 4.78 is 12.2. The lowest BCUT2D eigenvalue weighted by Gasteiger charge is -2.40. The second-order valence-corrected chi connectivity index (χ2v) is 9.54. The summed E-state index contributed by atoms with van der Waals surface area (Å²) in [4.78, 5) is 2.26. The number of hydrogen-bond acceptors (Lipinski definition) is 4. The number of piperazine rings is 1. The van der Waals surface area contributed by atoms with Gasteiger partial charge in [0.2, 0.25) is 5.88 Å². The molecule has 146 valence electrons. The molecule has 1 aliphatic carbocycles. The molecule has 4 rings (SSSR count). The molecule has 0 amide bonds. The van der Waals surface area contributed by atoms with Crippen LogP contribution >= 0.6 is 0 Å². The van der Waals surface area contributed by atoms with Gasteiger partial charge in [-0.1, -0.05) is 58.0 Å². The molecular formula is C23H32N2O2. The highest BCUT2D eigenvalue weighted by Crippen LogP contribution is 2.48. The lowest BCUT2D eigenvalue weighted by Crippen LogP contribution is -2.42. The molecule has 0 spiro atoms. The fraction of sp³-hybridized carbons (Fsp3) is 0.565. The maximum Gasteiger partial charge on any atom is 0.269 e. The lowest BCUT2D eigenvalue weighted by atomic mass is 9.65. The van der Waals surface area contributed by atoms with Crippen LogP contribution in [0.25, 0.3) is 5.57 Å². The van der Waals surface area contributed by atoms with Crippen LogP contribution in [0.15, 0.2) is 42.5 Å². The molecule has 0 radical (unpaired) electrons. The zero-order valence-corrected chi connectivity index (χ0v) is 17.0. The van der Waals surface area contributed by atoms with Crippen molar-refractivity contribution in [3.05, 3.63) is 53.6 Å². The van der Waals surface area contributed by atoms with E-state index in [4.69, 9.17) is 9.47 Å². The normalized spacial score (nSPS) is 26.7. The number of ether oxygens (including phenoxy) is 2. The van der Waals surface area contributed by atoms with E-state index in [0.717, 1.165) is 44.0 Å². The van der Waals surface area contributed by atoms with E-state index in [2.05, 4.69) is 68.3 Å². The van der Waals surface area contributed by atoms with Crippen LogP contribution in [0.4, 0.5) is 0 Å². The molecule has 4 nitrogen and oxygen atoms in total. The minimum Gasteiger partial charge on any atom is -0.453 e. The third-order valence-corrected chi connectivity index (χ3v) is 5.68. The first kappa shape index (κ1) is 18.4. The molecule has 1 atom stereocenters. The van der Waals surface area contributed by atoms with Crippen LogP contribution in [0, 0.1) is 10.8 Å². The van der Waals surface area contributed by atoms with Gasteiger partial charge < -0.3 is 19.7 Å². The molecule has 1 saturated heterocycles. The molecule has 3 aliphatic rings. The van der Waals surface area contributed by atoms with Crippen molar-refractivity contribution >= 4 is 5.57 Å². The van der Waals surface area contributed by atoms with Crippen molar-refractivity contribution in [1.82, 2.24) is 10.2 Å². The van der Waals surface area contributed by atoms with E-state index in [0.29, 0.717) is 5.41 Å². The third kappa shape index (κ3) is 4.01. The molecule has 27 heavy (non-hydrogen) atoms. The minimum absolute atomic E-state index is 0.200. The molecular weight excluding hydrogens is 336 g/mol. The lowest BCUT2D eigenvalue weighted by molar-refractivity contribution is -0.0533. The quantitative estimate of drug-likeness (QED) is 0.841. The van der Waals surface area contributed by atoms with Gasteiger partial charge in [0.25, 0.3) is 6.29 Å². The van der Waals surface area contributed by atoms with Gasteiger partial charge in [-0.3, -0.25) is 0 Å². The summed E-state index contributed by atoms with van der Waals surface area (Å²) in [5.41, 5.74) is 4.29. The number of hydrogen-bond donors (Lipinski definition) is 1. The highest BCUT2D eigenvalue weighted by molar-refractivity contribution is 5.70. The van der Waals surface area contributed by atoms with Crippen molar-refractivity contribution in [2.24, 2.45) is 10.8 Å². The Bertz CT molecular complexity index is 757. The topological polar surface area (TPSA) is 33.7 Å². The standard InChI is InChI=1S/C23H32N2O2/c1-22(2)13-17(14-23(3,4)16-22)18-7-5-6-8-19(18)21-26-15-20(27-21)25-11-9-24-10-12-25/h5-8,13,15,21,24H,9-12,14,16H2,1-4H3. The van der Waals surface area contributed by atoms with Crippen LogP contribution in [0.3, 0.4) is 0 Å². The Kier molecular flexibility index (Phi) is 4.71. The molecule has 0 bridgehead atoms. The van der Waals surface area contributed by atoms with Crippen LogP contribution in [-0.4, -0.2) is 31.1 Å². The largest absolute Gasteiger partial charge is 0.453 e. The second-order valence-electron chi connectivity index (χ2n) is 9.54. The van der Waals surface area contributed by atoms with Gasteiger partial charge in [0, 0.05) is 31.7 Å². The Hall–Kier alpha value is -1.94. The van der Waals surface area contributed by atoms with Crippen molar-refractivity contribution in [3.8, 4) is 0 Å². The molecule has 0 saturated carbocycles. The first-order valence-corrected chi connectivity index (χ1v) is 10.1. The monoisotopic (exact) mass is 368 g/mol. The predicted octanol–water partition coefficient (Wildman–Crippen LogP) is 4.67. The summed E-state index contributed by atoms with van der Waals surface area (Å²) in [7, 11) is 0. The highest BCUT2D eigenvalue weighted by Gasteiger charge is 2.35. The molecule has 0 aromatic heterocycles. The molecule has 1 fully saturated rings. The van der Waals surface area contributed by atoms with E-state index in [9.17, 15) is 0 Å². The zero-order valence-electron chi connectivity index (χ0n) is 17.0. The van der Waals surface area contributed by atoms with Gasteiger partial charge in [-0.25, -0.2) is 0 Å². The van der Waals surface area contributed by atoms with E-state index in [1.807, 2.05) is 0 Å². The van der Waals surface area contributed by atoms with Crippen LogP contribution < -0.4 is 5.32 Å². The van der Waals surface area contributed by atoms with E-state index < -0.39 is 0 Å². The first-order chi connectivity index (χ1) is 12.8. The van der Waals surface area contributed by atoms with E-state index in [1.54, 1.807) is 6.26 Å². The van der Waals surface area contributed by atoms with Crippen molar-refractivity contribution in [2.45, 2.75) is 46.8 Å². The van der Waals surface area contributed by atoms with Gasteiger partial charge >= 0.3 is 0 Å². The van der Waals surface area contributed by atoms with Crippen molar-refractivity contribution < 1.29 is 9.47 Å². The van der Waals surface area contributed by atoms with Gasteiger partial charge in [0.15, 0.2) is 0 Å². The van der Waals surface area contributed by atoms with Crippen LogP contribution in [0.2, 0.25) is 0 Å². The van der Waals surface area contributed by atoms with Gasteiger partial charge in [0.05, 0.1) is 0 Å². The Morgan fingerprint density at radius 3 is 2.56 bits per heavy atom. The predicted molar refractivity (Wildman–Crippen MR) is 109 cm³/mol. The summed E-state index contributed by atoms with van der Waals surface area (Å²) in [6.07, 6.45) is 6.17. The van der Waals surface area contributed by atoms with Crippen molar-refractivity contribution in [1.29, 1.82) is 0 Å². The molecule has 4 heteroatoms. The summed E-state index contributed by atoms with van der Waals surface area (Å²) in [6.45, 7) is 13.3. The summed E-state index contributed by atoms with van der Waals surface area (Å²) in [5, 5.41) is 3.38. The number of nitrogens with one attached hydrogen (secondary N) is 1. The summed E-state index contributed by atoms with van der Waals surface area (Å²) in [6, 6.07) is 8.56. The zero-order chi connectivity index (χ0) is 19.1. The first-order valence-electron chi connectivity index (χ1n) is 10.1. The van der Waals surface area contributed by atoms with Crippen LogP contribution in [0.5, 0.6) is 0 Å². The third-order valence-electron chi connectivity index (χ3n) is 5.68. The highest BCUT2D eigenvalue weighted by atomic mass is 16.7. The number of nitrogens with zero attached hydrogens (tertiary/aromatic N) is 1. The second kappa shape index (κ2) is 6.90.